The van der Waals surface area contributed by atoms with Crippen LogP contribution in [0.25, 0.3) is 10.9 Å². The third-order valence-corrected chi connectivity index (χ3v) is 2.90. The van der Waals surface area contributed by atoms with Gasteiger partial charge in [0, 0.05) is 25.0 Å². The Labute approximate surface area is 114 Å². The van der Waals surface area contributed by atoms with Crippen molar-refractivity contribution in [3.63, 3.8) is 0 Å². The Morgan fingerprint density at radius 3 is 2.80 bits per heavy atom. The quantitative estimate of drug-likeness (QED) is 0.668. The molecule has 2 rings (SSSR count). The summed E-state index contributed by atoms with van der Waals surface area (Å²) in [4.78, 5) is 27.9. The number of aromatic nitrogens is 1. The lowest BCUT2D eigenvalue weighted by Crippen LogP contribution is -2.30. The van der Waals surface area contributed by atoms with E-state index in [2.05, 4.69) is 4.98 Å². The highest BCUT2D eigenvalue weighted by Gasteiger charge is 2.17. The van der Waals surface area contributed by atoms with Crippen LogP contribution in [0.5, 0.6) is 0 Å². The van der Waals surface area contributed by atoms with Gasteiger partial charge < -0.3 is 10.0 Å². The van der Waals surface area contributed by atoms with E-state index in [1.807, 2.05) is 0 Å². The van der Waals surface area contributed by atoms with Crippen LogP contribution in [0.3, 0.4) is 0 Å². The van der Waals surface area contributed by atoms with Gasteiger partial charge in [-0.25, -0.2) is 4.98 Å². The molecule has 0 radical (unpaired) electrons. The number of aliphatic hydroxyl groups is 1. The minimum Gasteiger partial charge on any atom is -0.395 e. The van der Waals surface area contributed by atoms with Crippen molar-refractivity contribution in [2.75, 3.05) is 20.2 Å². The number of rotatable bonds is 4. The van der Waals surface area contributed by atoms with Crippen molar-refractivity contribution < 1.29 is 14.8 Å². The number of nitro benzene ring substituents is 1. The first-order valence-corrected chi connectivity index (χ1v) is 5.95. The van der Waals surface area contributed by atoms with Gasteiger partial charge in [-0.3, -0.25) is 14.9 Å². The van der Waals surface area contributed by atoms with E-state index in [0.29, 0.717) is 5.39 Å². The van der Waals surface area contributed by atoms with E-state index in [4.69, 9.17) is 5.11 Å². The van der Waals surface area contributed by atoms with Crippen LogP contribution < -0.4 is 0 Å². The van der Waals surface area contributed by atoms with E-state index in [1.165, 1.54) is 24.1 Å². The number of pyridine rings is 1. The zero-order valence-electron chi connectivity index (χ0n) is 10.8. The minimum atomic E-state index is -0.527. The van der Waals surface area contributed by atoms with Crippen LogP contribution in [0.1, 0.15) is 10.5 Å². The van der Waals surface area contributed by atoms with Crippen LogP contribution in [0, 0.1) is 10.1 Å². The highest BCUT2D eigenvalue weighted by atomic mass is 16.6. The van der Waals surface area contributed by atoms with Crippen LogP contribution in [0.4, 0.5) is 5.69 Å². The van der Waals surface area contributed by atoms with Crippen LogP contribution in [-0.2, 0) is 0 Å². The van der Waals surface area contributed by atoms with Gasteiger partial charge in [0.05, 0.1) is 11.5 Å². The minimum absolute atomic E-state index is 0.114. The SMILES string of the molecule is CN(CCO)C(=O)c1ccc2cccc([N+](=O)[O-])c2n1. The molecular weight excluding hydrogens is 262 g/mol. The molecule has 0 saturated carbocycles. The molecule has 7 nitrogen and oxygen atoms in total. The molecule has 1 aromatic carbocycles. The number of non-ortho nitro benzene ring substituents is 1. The number of carbonyl (C=O) groups excluding carboxylic acids is 1. The van der Waals surface area contributed by atoms with Gasteiger partial charge in [0.1, 0.15) is 11.2 Å². The molecule has 0 fully saturated rings. The van der Waals surface area contributed by atoms with Crippen LogP contribution in [-0.4, -0.2) is 46.0 Å². The van der Waals surface area contributed by atoms with Crippen molar-refractivity contribution in [3.8, 4) is 0 Å². The number of nitro groups is 1. The second-order valence-electron chi connectivity index (χ2n) is 4.25. The number of hydrogen-bond donors (Lipinski definition) is 1. The van der Waals surface area contributed by atoms with Gasteiger partial charge in [0.15, 0.2) is 0 Å². The summed E-state index contributed by atoms with van der Waals surface area (Å²) in [6.07, 6.45) is 0. The Morgan fingerprint density at radius 2 is 2.15 bits per heavy atom. The average Bonchev–Trinajstić information content (AvgIpc) is 2.45. The average molecular weight is 275 g/mol. The van der Waals surface area contributed by atoms with E-state index in [0.717, 1.165) is 0 Å². The first-order valence-electron chi connectivity index (χ1n) is 5.95. The number of hydrogen-bond acceptors (Lipinski definition) is 5. The molecule has 0 aliphatic rings. The zero-order chi connectivity index (χ0) is 14.7. The maximum Gasteiger partial charge on any atom is 0.295 e. The van der Waals surface area contributed by atoms with Crippen molar-refractivity contribution in [2.24, 2.45) is 0 Å². The summed E-state index contributed by atoms with van der Waals surface area (Å²) in [5.74, 6) is -0.390. The largest absolute Gasteiger partial charge is 0.395 e. The monoisotopic (exact) mass is 275 g/mol. The predicted octanol–water partition coefficient (Wildman–Crippen LogP) is 1.21. The Hall–Kier alpha value is -2.54. The van der Waals surface area contributed by atoms with Crippen LogP contribution in [0.2, 0.25) is 0 Å². The molecule has 20 heavy (non-hydrogen) atoms. The molecule has 7 heteroatoms. The van der Waals surface area contributed by atoms with Gasteiger partial charge in [-0.05, 0) is 6.07 Å². The lowest BCUT2D eigenvalue weighted by Gasteiger charge is -2.15. The maximum absolute atomic E-state index is 12.0. The second kappa shape index (κ2) is 5.62. The van der Waals surface area contributed by atoms with E-state index in [9.17, 15) is 14.9 Å². The first kappa shape index (κ1) is 13.9. The highest BCUT2D eigenvalue weighted by Crippen LogP contribution is 2.23. The van der Waals surface area contributed by atoms with Gasteiger partial charge in [-0.15, -0.1) is 0 Å². The number of benzene rings is 1. The summed E-state index contributed by atoms with van der Waals surface area (Å²) in [5.41, 5.74) is 0.158. The summed E-state index contributed by atoms with van der Waals surface area (Å²) in [6, 6.07) is 7.75. The molecule has 0 bridgehead atoms. The molecule has 0 spiro atoms. The van der Waals surface area contributed by atoms with Crippen LogP contribution >= 0.6 is 0 Å². The van der Waals surface area contributed by atoms with Gasteiger partial charge in [0.2, 0.25) is 0 Å². The molecule has 0 unspecified atom stereocenters. The third kappa shape index (κ3) is 2.57. The summed E-state index contributed by atoms with van der Waals surface area (Å²) >= 11 is 0. The number of carbonyl (C=O) groups is 1. The molecule has 0 aliphatic heterocycles. The number of likely N-dealkylation sites (N-methyl/N-ethyl adjacent to an activating group) is 1. The predicted molar refractivity (Wildman–Crippen MR) is 72.4 cm³/mol. The third-order valence-electron chi connectivity index (χ3n) is 2.90. The number of fused-ring (bicyclic) bond motifs is 1. The molecule has 0 saturated heterocycles. The van der Waals surface area contributed by atoms with Crippen molar-refractivity contribution in [3.05, 3.63) is 46.1 Å². The lowest BCUT2D eigenvalue weighted by atomic mass is 10.1. The van der Waals surface area contributed by atoms with Gasteiger partial charge in [-0.1, -0.05) is 18.2 Å². The molecule has 0 aliphatic carbocycles. The zero-order valence-corrected chi connectivity index (χ0v) is 10.8. The Kier molecular flexibility index (Phi) is 3.90. The normalized spacial score (nSPS) is 10.5. The smallest absolute Gasteiger partial charge is 0.295 e. The summed E-state index contributed by atoms with van der Waals surface area (Å²) in [7, 11) is 1.53. The Balaban J connectivity index is 2.50. The first-order chi connectivity index (χ1) is 9.54. The molecule has 104 valence electrons. The van der Waals surface area contributed by atoms with Crippen molar-refractivity contribution in [1.82, 2.24) is 9.88 Å². The van der Waals surface area contributed by atoms with Gasteiger partial charge in [0.25, 0.3) is 11.6 Å². The topological polar surface area (TPSA) is 96.6 Å². The van der Waals surface area contributed by atoms with Crippen molar-refractivity contribution >= 4 is 22.5 Å². The van der Waals surface area contributed by atoms with E-state index < -0.39 is 4.92 Å². The molecule has 2 aromatic rings. The van der Waals surface area contributed by atoms with Crippen molar-refractivity contribution in [2.45, 2.75) is 0 Å². The fraction of sp³-hybridized carbons (Fsp3) is 0.231. The number of para-hydroxylation sites is 1. The Morgan fingerprint density at radius 1 is 1.40 bits per heavy atom. The Bertz CT molecular complexity index is 672. The van der Waals surface area contributed by atoms with E-state index in [1.54, 1.807) is 18.2 Å². The lowest BCUT2D eigenvalue weighted by molar-refractivity contribution is -0.383. The highest BCUT2D eigenvalue weighted by molar-refractivity contribution is 5.96. The number of aliphatic hydroxyl groups excluding tert-OH is 1. The molecule has 1 heterocycles. The van der Waals surface area contributed by atoms with Crippen molar-refractivity contribution in [1.29, 1.82) is 0 Å². The number of amides is 1. The summed E-state index contributed by atoms with van der Waals surface area (Å²) in [5, 5.41) is 20.4. The van der Waals surface area contributed by atoms with Crippen LogP contribution in [0.15, 0.2) is 30.3 Å². The summed E-state index contributed by atoms with van der Waals surface area (Å²) in [6.45, 7) is 0.0192. The maximum atomic E-state index is 12.0. The fourth-order valence-electron chi connectivity index (χ4n) is 1.84. The molecular formula is C13H13N3O4. The number of nitrogens with zero attached hydrogens (tertiary/aromatic N) is 3. The van der Waals surface area contributed by atoms with E-state index >= 15 is 0 Å². The van der Waals surface area contributed by atoms with Gasteiger partial charge >= 0.3 is 0 Å². The molecule has 0 atom stereocenters. The second-order valence-corrected chi connectivity index (χ2v) is 4.25. The summed E-state index contributed by atoms with van der Waals surface area (Å²) < 4.78 is 0. The fourth-order valence-corrected chi connectivity index (χ4v) is 1.84. The molecule has 1 amide bonds. The van der Waals surface area contributed by atoms with Gasteiger partial charge in [-0.2, -0.15) is 0 Å². The van der Waals surface area contributed by atoms with E-state index in [-0.39, 0.29) is 36.0 Å². The molecule has 1 aromatic heterocycles. The molecule has 1 N–H and O–H groups in total. The standard InChI is InChI=1S/C13H13N3O4/c1-15(7-8-17)13(18)10-6-5-9-3-2-4-11(16(19)20)12(9)14-10/h2-6,17H,7-8H2,1H3.